The molecular weight excluding hydrogens is 396 g/mol. The zero-order chi connectivity index (χ0) is 22.8. The molecule has 0 aliphatic carbocycles. The highest BCUT2D eigenvalue weighted by atomic mass is 16.6. The van der Waals surface area contributed by atoms with Gasteiger partial charge in [-0.15, -0.1) is 0 Å². The third-order valence-corrected chi connectivity index (χ3v) is 5.23. The maximum atomic E-state index is 12.2. The summed E-state index contributed by atoms with van der Waals surface area (Å²) in [4.78, 5) is 22.8. The minimum absolute atomic E-state index is 0.0661. The molecule has 164 valence electrons. The molecule has 0 atom stereocenters. The molecule has 1 heterocycles. The van der Waals surface area contributed by atoms with E-state index in [9.17, 15) is 14.9 Å². The van der Waals surface area contributed by atoms with Crippen molar-refractivity contribution in [2.45, 2.75) is 53.2 Å². The average molecular weight is 424 g/mol. The number of aromatic nitrogens is 1. The van der Waals surface area contributed by atoms with E-state index in [-0.39, 0.29) is 5.69 Å². The summed E-state index contributed by atoms with van der Waals surface area (Å²) >= 11 is 0. The summed E-state index contributed by atoms with van der Waals surface area (Å²) in [6, 6.07) is 12.4. The molecule has 0 aliphatic heterocycles. The van der Waals surface area contributed by atoms with Crippen molar-refractivity contribution in [3.63, 3.8) is 0 Å². The molecule has 0 saturated carbocycles. The van der Waals surface area contributed by atoms with Crippen molar-refractivity contribution in [3.05, 3.63) is 58.1 Å². The lowest BCUT2D eigenvalue weighted by atomic mass is 10.1. The fourth-order valence-corrected chi connectivity index (χ4v) is 3.78. The molecule has 7 nitrogen and oxygen atoms in total. The summed E-state index contributed by atoms with van der Waals surface area (Å²) < 4.78 is 13.3. The second kappa shape index (κ2) is 8.79. The Morgan fingerprint density at radius 3 is 2.39 bits per heavy atom. The number of benzene rings is 2. The van der Waals surface area contributed by atoms with Crippen molar-refractivity contribution < 1.29 is 19.2 Å². The molecule has 0 unspecified atom stereocenters. The van der Waals surface area contributed by atoms with Gasteiger partial charge in [0.15, 0.2) is 5.60 Å². The average Bonchev–Trinajstić information content (AvgIpc) is 2.99. The van der Waals surface area contributed by atoms with Crippen LogP contribution in [0.1, 0.15) is 39.7 Å². The van der Waals surface area contributed by atoms with E-state index >= 15 is 0 Å². The summed E-state index contributed by atoms with van der Waals surface area (Å²) in [5, 5.41) is 12.0. The predicted molar refractivity (Wildman–Crippen MR) is 120 cm³/mol. The first kappa shape index (κ1) is 22.3. The molecule has 0 amide bonds. The number of fused-ring (bicyclic) bond motifs is 1. The number of esters is 1. The molecule has 0 spiro atoms. The normalized spacial score (nSPS) is 11.5. The van der Waals surface area contributed by atoms with E-state index in [1.54, 1.807) is 32.9 Å². The van der Waals surface area contributed by atoms with E-state index < -0.39 is 16.5 Å². The Balaban J connectivity index is 2.08. The lowest BCUT2D eigenvalue weighted by Gasteiger charge is -2.24. The van der Waals surface area contributed by atoms with Gasteiger partial charge in [0.2, 0.25) is 0 Å². The summed E-state index contributed by atoms with van der Waals surface area (Å²) in [7, 11) is 0. The topological polar surface area (TPSA) is 83.6 Å². The quantitative estimate of drug-likeness (QED) is 0.265. The highest BCUT2D eigenvalue weighted by Gasteiger charge is 2.32. The van der Waals surface area contributed by atoms with Gasteiger partial charge in [-0.25, -0.2) is 4.79 Å². The van der Waals surface area contributed by atoms with Crippen LogP contribution in [0.25, 0.3) is 22.2 Å². The number of nitrogens with zero attached hydrogens (tertiary/aromatic N) is 2. The number of hydrogen-bond donors (Lipinski definition) is 0. The zero-order valence-corrected chi connectivity index (χ0v) is 18.6. The van der Waals surface area contributed by atoms with Crippen LogP contribution < -0.4 is 4.74 Å². The van der Waals surface area contributed by atoms with Gasteiger partial charge in [-0.2, -0.15) is 0 Å². The molecule has 0 radical (unpaired) electrons. The van der Waals surface area contributed by atoms with Crippen LogP contribution in [-0.4, -0.2) is 27.7 Å². The van der Waals surface area contributed by atoms with Crippen LogP contribution in [0.5, 0.6) is 5.75 Å². The molecule has 0 fully saturated rings. The predicted octanol–water partition coefficient (Wildman–Crippen LogP) is 5.66. The third kappa shape index (κ3) is 4.40. The molecule has 3 rings (SSSR count). The Morgan fingerprint density at radius 1 is 1.13 bits per heavy atom. The van der Waals surface area contributed by atoms with Gasteiger partial charge in [-0.05, 0) is 75.6 Å². The van der Waals surface area contributed by atoms with Crippen molar-refractivity contribution in [3.8, 4) is 17.0 Å². The Bertz CT molecular complexity index is 1110. The van der Waals surface area contributed by atoms with Gasteiger partial charge in [-0.1, -0.05) is 6.92 Å². The first-order valence-corrected chi connectivity index (χ1v) is 10.4. The number of rotatable bonds is 8. The first-order chi connectivity index (χ1) is 14.7. The molecule has 2 aromatic carbocycles. The summed E-state index contributed by atoms with van der Waals surface area (Å²) in [5.74, 6) is 0.166. The monoisotopic (exact) mass is 424 g/mol. The number of nitro benzene ring substituents is 1. The Hall–Kier alpha value is -3.35. The van der Waals surface area contributed by atoms with Crippen molar-refractivity contribution >= 4 is 22.6 Å². The van der Waals surface area contributed by atoms with E-state index in [0.717, 1.165) is 40.7 Å². The van der Waals surface area contributed by atoms with E-state index in [2.05, 4.69) is 11.5 Å². The SMILES string of the molecule is CCCn1c(-c2ccc([N+](=O)[O-])cc2)c(C)c2cc(OC(C)(C)C(=O)OCC)ccc21. The molecule has 0 aliphatic rings. The molecule has 0 N–H and O–H groups in total. The van der Waals surface area contributed by atoms with E-state index in [0.29, 0.717) is 12.4 Å². The maximum absolute atomic E-state index is 12.2. The van der Waals surface area contributed by atoms with Gasteiger partial charge in [0.1, 0.15) is 5.75 Å². The number of nitro groups is 1. The van der Waals surface area contributed by atoms with Gasteiger partial charge < -0.3 is 14.0 Å². The number of non-ortho nitro benzene ring substituents is 1. The molecule has 7 heteroatoms. The molecule has 0 bridgehead atoms. The molecule has 31 heavy (non-hydrogen) atoms. The number of aryl methyl sites for hydroxylation is 2. The number of hydrogen-bond acceptors (Lipinski definition) is 5. The largest absolute Gasteiger partial charge is 0.476 e. The fourth-order valence-electron chi connectivity index (χ4n) is 3.78. The lowest BCUT2D eigenvalue weighted by Crippen LogP contribution is -2.39. The Morgan fingerprint density at radius 2 is 1.81 bits per heavy atom. The fraction of sp³-hybridized carbons (Fsp3) is 0.375. The van der Waals surface area contributed by atoms with Gasteiger partial charge in [0.05, 0.1) is 17.2 Å². The number of carbonyl (C=O) groups is 1. The summed E-state index contributed by atoms with van der Waals surface area (Å²) in [6.07, 6.45) is 0.942. The first-order valence-electron chi connectivity index (χ1n) is 10.4. The van der Waals surface area contributed by atoms with Crippen LogP contribution in [0.4, 0.5) is 5.69 Å². The Labute approximate surface area is 181 Å². The van der Waals surface area contributed by atoms with Gasteiger partial charge in [0.25, 0.3) is 5.69 Å². The van der Waals surface area contributed by atoms with Gasteiger partial charge >= 0.3 is 5.97 Å². The van der Waals surface area contributed by atoms with Crippen molar-refractivity contribution in [2.24, 2.45) is 0 Å². The smallest absolute Gasteiger partial charge is 0.349 e. The Kier molecular flexibility index (Phi) is 6.34. The lowest BCUT2D eigenvalue weighted by molar-refractivity contribution is -0.384. The third-order valence-electron chi connectivity index (χ3n) is 5.23. The highest BCUT2D eigenvalue weighted by Crippen LogP contribution is 2.36. The molecule has 0 saturated heterocycles. The van der Waals surface area contributed by atoms with Crippen LogP contribution in [0.2, 0.25) is 0 Å². The van der Waals surface area contributed by atoms with Crippen molar-refractivity contribution in [2.75, 3.05) is 6.61 Å². The van der Waals surface area contributed by atoms with E-state index in [1.807, 2.05) is 25.1 Å². The minimum atomic E-state index is -1.11. The van der Waals surface area contributed by atoms with Crippen LogP contribution in [0.15, 0.2) is 42.5 Å². The molecule has 1 aromatic heterocycles. The van der Waals surface area contributed by atoms with E-state index in [4.69, 9.17) is 9.47 Å². The number of ether oxygens (including phenoxy) is 2. The molecule has 3 aromatic rings. The second-order valence-corrected chi connectivity index (χ2v) is 7.94. The van der Waals surface area contributed by atoms with Gasteiger partial charge in [0, 0.05) is 29.6 Å². The minimum Gasteiger partial charge on any atom is -0.476 e. The van der Waals surface area contributed by atoms with Crippen molar-refractivity contribution in [1.29, 1.82) is 0 Å². The standard InChI is InChI=1S/C24H28N2O5/c1-6-14-25-21-13-12-19(31-24(4,5)23(27)30-7-2)15-20(21)16(3)22(25)17-8-10-18(11-9-17)26(28)29/h8-13,15H,6-7,14H2,1-5H3. The van der Waals surface area contributed by atoms with Crippen LogP contribution >= 0.6 is 0 Å². The summed E-state index contributed by atoms with van der Waals surface area (Å²) in [6.45, 7) is 10.4. The van der Waals surface area contributed by atoms with Crippen LogP contribution in [-0.2, 0) is 16.1 Å². The van der Waals surface area contributed by atoms with Gasteiger partial charge in [-0.3, -0.25) is 10.1 Å². The zero-order valence-electron chi connectivity index (χ0n) is 18.6. The highest BCUT2D eigenvalue weighted by molar-refractivity contribution is 5.92. The maximum Gasteiger partial charge on any atom is 0.349 e. The second-order valence-electron chi connectivity index (χ2n) is 7.94. The molecular formula is C24H28N2O5. The number of carbonyl (C=O) groups excluding carboxylic acids is 1. The van der Waals surface area contributed by atoms with Crippen LogP contribution in [0, 0.1) is 17.0 Å². The van der Waals surface area contributed by atoms with E-state index in [1.165, 1.54) is 12.1 Å². The van der Waals surface area contributed by atoms with Crippen LogP contribution in [0.3, 0.4) is 0 Å². The van der Waals surface area contributed by atoms with Crippen molar-refractivity contribution in [1.82, 2.24) is 4.57 Å². The summed E-state index contributed by atoms with van der Waals surface area (Å²) in [5.41, 5.74) is 3.00.